The van der Waals surface area contributed by atoms with Crippen LogP contribution in [0.1, 0.15) is 5.56 Å². The SMILES string of the molecule is COc1ccc2c(c1)N=C(n1cnc3ccccc31)N1CCN=C21. The standard InChI is InChI=1S/C18H15N5O/c1-24-12-6-7-13-15(10-12)21-18(22-9-8-19-17(13)22)23-11-20-14-4-2-3-5-16(14)23/h2-7,10-11H,8-9H2,1H3. The van der Waals surface area contributed by atoms with Crippen LogP contribution in [0.15, 0.2) is 58.8 Å². The Balaban J connectivity index is 1.75. The molecule has 1 aromatic heterocycles. The molecule has 0 bridgehead atoms. The highest BCUT2D eigenvalue weighted by Crippen LogP contribution is 2.32. The molecule has 0 amide bonds. The van der Waals surface area contributed by atoms with Crippen LogP contribution in [-0.2, 0) is 0 Å². The second kappa shape index (κ2) is 4.92. The van der Waals surface area contributed by atoms with Crippen molar-refractivity contribution in [1.29, 1.82) is 0 Å². The lowest BCUT2D eigenvalue weighted by atomic mass is 10.1. The van der Waals surface area contributed by atoms with Gasteiger partial charge >= 0.3 is 0 Å². The molecule has 6 heteroatoms. The molecule has 0 aliphatic carbocycles. The number of hydrogen-bond donors (Lipinski definition) is 0. The fraction of sp³-hybridized carbons (Fsp3) is 0.167. The highest BCUT2D eigenvalue weighted by atomic mass is 16.5. The lowest BCUT2D eigenvalue weighted by Gasteiger charge is -2.28. The molecule has 5 rings (SSSR count). The zero-order valence-corrected chi connectivity index (χ0v) is 13.2. The maximum atomic E-state index is 5.35. The van der Waals surface area contributed by atoms with Crippen LogP contribution in [0, 0.1) is 0 Å². The van der Waals surface area contributed by atoms with E-state index in [1.807, 2.05) is 47.3 Å². The summed E-state index contributed by atoms with van der Waals surface area (Å²) in [5, 5.41) is 0. The summed E-state index contributed by atoms with van der Waals surface area (Å²) in [5.41, 5.74) is 3.91. The molecular formula is C18H15N5O. The van der Waals surface area contributed by atoms with Crippen molar-refractivity contribution in [3.05, 3.63) is 54.4 Å². The van der Waals surface area contributed by atoms with E-state index in [1.165, 1.54) is 0 Å². The number of imidazole rings is 1. The maximum absolute atomic E-state index is 5.35. The van der Waals surface area contributed by atoms with Gasteiger partial charge in [0, 0.05) is 18.2 Å². The molecule has 6 nitrogen and oxygen atoms in total. The van der Waals surface area contributed by atoms with Crippen LogP contribution in [0.3, 0.4) is 0 Å². The summed E-state index contributed by atoms with van der Waals surface area (Å²) < 4.78 is 7.37. The second-order valence-corrected chi connectivity index (χ2v) is 5.76. The number of rotatable bonds is 1. The van der Waals surface area contributed by atoms with Crippen LogP contribution in [-0.4, -0.2) is 46.4 Å². The van der Waals surface area contributed by atoms with Crippen molar-refractivity contribution in [2.24, 2.45) is 9.98 Å². The average molecular weight is 317 g/mol. The van der Waals surface area contributed by atoms with E-state index in [-0.39, 0.29) is 0 Å². The first kappa shape index (κ1) is 13.3. The van der Waals surface area contributed by atoms with Gasteiger partial charge in [0.25, 0.3) is 0 Å². The average Bonchev–Trinajstić information content (AvgIpc) is 3.28. The first-order valence-electron chi connectivity index (χ1n) is 7.87. The minimum absolute atomic E-state index is 0.770. The van der Waals surface area contributed by atoms with Crippen LogP contribution < -0.4 is 4.74 Å². The van der Waals surface area contributed by atoms with Crippen molar-refractivity contribution in [2.75, 3.05) is 20.2 Å². The third kappa shape index (κ3) is 1.79. The summed E-state index contributed by atoms with van der Waals surface area (Å²) >= 11 is 0. The van der Waals surface area contributed by atoms with Gasteiger partial charge in [-0.3, -0.25) is 14.5 Å². The van der Waals surface area contributed by atoms with Gasteiger partial charge in [0.2, 0.25) is 5.96 Å². The number of fused-ring (bicyclic) bond motifs is 4. The predicted molar refractivity (Wildman–Crippen MR) is 93.3 cm³/mol. The largest absolute Gasteiger partial charge is 0.497 e. The third-order valence-corrected chi connectivity index (χ3v) is 4.42. The van der Waals surface area contributed by atoms with Gasteiger partial charge in [0.05, 0.1) is 30.4 Å². The molecule has 0 N–H and O–H groups in total. The molecule has 0 saturated heterocycles. The topological polar surface area (TPSA) is 55.0 Å². The normalized spacial score (nSPS) is 15.8. The molecule has 2 aromatic carbocycles. The zero-order chi connectivity index (χ0) is 16.1. The molecule has 0 saturated carbocycles. The number of para-hydroxylation sites is 2. The van der Waals surface area contributed by atoms with Gasteiger partial charge < -0.3 is 4.74 Å². The molecule has 0 atom stereocenters. The van der Waals surface area contributed by atoms with Gasteiger partial charge in [-0.1, -0.05) is 12.1 Å². The fourth-order valence-electron chi connectivity index (χ4n) is 3.26. The van der Waals surface area contributed by atoms with Crippen LogP contribution in [0.5, 0.6) is 5.75 Å². The van der Waals surface area contributed by atoms with E-state index in [0.717, 1.165) is 52.9 Å². The molecule has 118 valence electrons. The molecule has 0 fully saturated rings. The van der Waals surface area contributed by atoms with Crippen molar-refractivity contribution in [3.8, 4) is 5.75 Å². The number of hydrogen-bond acceptors (Lipinski definition) is 5. The summed E-state index contributed by atoms with van der Waals surface area (Å²) in [6.07, 6.45) is 1.82. The van der Waals surface area contributed by atoms with E-state index in [1.54, 1.807) is 7.11 Å². The molecule has 0 spiro atoms. The number of aliphatic imine (C=N–C) groups is 2. The summed E-state index contributed by atoms with van der Waals surface area (Å²) in [6, 6.07) is 14.0. The number of benzene rings is 2. The van der Waals surface area contributed by atoms with E-state index in [0.29, 0.717) is 0 Å². The quantitative estimate of drug-likeness (QED) is 0.693. The number of methoxy groups -OCH3 is 1. The molecule has 3 heterocycles. The Morgan fingerprint density at radius 1 is 1.12 bits per heavy atom. The molecule has 0 unspecified atom stereocenters. The van der Waals surface area contributed by atoms with E-state index < -0.39 is 0 Å². The van der Waals surface area contributed by atoms with Crippen molar-refractivity contribution in [1.82, 2.24) is 14.5 Å². The van der Waals surface area contributed by atoms with Crippen LogP contribution in [0.4, 0.5) is 5.69 Å². The van der Waals surface area contributed by atoms with Crippen molar-refractivity contribution < 1.29 is 4.74 Å². The number of ether oxygens (including phenoxy) is 1. The van der Waals surface area contributed by atoms with Gasteiger partial charge in [0.15, 0.2) is 0 Å². The molecule has 2 aliphatic heterocycles. The Bertz CT molecular complexity index is 1020. The molecule has 0 radical (unpaired) electrons. The highest BCUT2D eigenvalue weighted by Gasteiger charge is 2.31. The Morgan fingerprint density at radius 2 is 2.04 bits per heavy atom. The monoisotopic (exact) mass is 317 g/mol. The van der Waals surface area contributed by atoms with Gasteiger partial charge in [-0.25, -0.2) is 9.98 Å². The summed E-state index contributed by atoms with van der Waals surface area (Å²) in [4.78, 5) is 16.2. The first-order valence-corrected chi connectivity index (χ1v) is 7.87. The maximum Gasteiger partial charge on any atom is 0.217 e. The zero-order valence-electron chi connectivity index (χ0n) is 13.2. The molecule has 3 aromatic rings. The minimum atomic E-state index is 0.770. The van der Waals surface area contributed by atoms with Crippen molar-refractivity contribution in [2.45, 2.75) is 0 Å². The lowest BCUT2D eigenvalue weighted by Crippen LogP contribution is -2.41. The van der Waals surface area contributed by atoms with Gasteiger partial charge in [-0.05, 0) is 24.3 Å². The van der Waals surface area contributed by atoms with Gasteiger partial charge in [0.1, 0.15) is 17.9 Å². The van der Waals surface area contributed by atoms with Crippen molar-refractivity contribution >= 4 is 28.5 Å². The Hall–Kier alpha value is -3.15. The van der Waals surface area contributed by atoms with Gasteiger partial charge in [-0.15, -0.1) is 0 Å². The van der Waals surface area contributed by atoms with Gasteiger partial charge in [-0.2, -0.15) is 0 Å². The summed E-state index contributed by atoms with van der Waals surface area (Å²) in [7, 11) is 1.66. The predicted octanol–water partition coefficient (Wildman–Crippen LogP) is 2.66. The van der Waals surface area contributed by atoms with E-state index in [9.17, 15) is 0 Å². The van der Waals surface area contributed by atoms with Crippen LogP contribution in [0.25, 0.3) is 11.0 Å². The van der Waals surface area contributed by atoms with Crippen LogP contribution in [0.2, 0.25) is 0 Å². The Morgan fingerprint density at radius 3 is 2.96 bits per heavy atom. The van der Waals surface area contributed by atoms with E-state index >= 15 is 0 Å². The molecular weight excluding hydrogens is 302 g/mol. The summed E-state index contributed by atoms with van der Waals surface area (Å²) in [6.45, 7) is 1.60. The minimum Gasteiger partial charge on any atom is -0.497 e. The number of aromatic nitrogens is 2. The summed E-state index contributed by atoms with van der Waals surface area (Å²) in [5.74, 6) is 2.59. The second-order valence-electron chi connectivity index (χ2n) is 5.76. The third-order valence-electron chi connectivity index (χ3n) is 4.42. The lowest BCUT2D eigenvalue weighted by molar-refractivity contribution is 0.415. The Labute approximate surface area is 138 Å². The first-order chi connectivity index (χ1) is 11.8. The van der Waals surface area contributed by atoms with Crippen molar-refractivity contribution in [3.63, 3.8) is 0 Å². The Kier molecular flexibility index (Phi) is 2.73. The van der Waals surface area contributed by atoms with Crippen LogP contribution >= 0.6 is 0 Å². The molecule has 2 aliphatic rings. The number of nitrogens with zero attached hydrogens (tertiary/aromatic N) is 5. The molecule has 24 heavy (non-hydrogen) atoms. The smallest absolute Gasteiger partial charge is 0.217 e. The highest BCUT2D eigenvalue weighted by molar-refractivity contribution is 6.17. The number of amidine groups is 1. The van der Waals surface area contributed by atoms with E-state index in [4.69, 9.17) is 9.73 Å². The fourth-order valence-corrected chi connectivity index (χ4v) is 3.26. The van der Waals surface area contributed by atoms with E-state index in [2.05, 4.69) is 20.9 Å².